The van der Waals surface area contributed by atoms with Gasteiger partial charge in [0, 0.05) is 38.9 Å². The molecule has 0 radical (unpaired) electrons. The summed E-state index contributed by atoms with van der Waals surface area (Å²) in [7, 11) is 1.66. The van der Waals surface area contributed by atoms with Crippen molar-refractivity contribution in [1.29, 1.82) is 0 Å². The fourth-order valence-corrected chi connectivity index (χ4v) is 3.12. The quantitative estimate of drug-likeness (QED) is 0.804. The molecule has 21 heavy (non-hydrogen) atoms. The number of aromatic nitrogens is 1. The molecular weight excluding hydrogens is 294 g/mol. The van der Waals surface area contributed by atoms with Crippen LogP contribution in [0.4, 0.5) is 4.79 Å². The Morgan fingerprint density at radius 2 is 1.76 bits per heavy atom. The summed E-state index contributed by atoms with van der Waals surface area (Å²) < 4.78 is 6.42. The van der Waals surface area contributed by atoms with Gasteiger partial charge in [-0.25, -0.2) is 4.79 Å². The van der Waals surface area contributed by atoms with Gasteiger partial charge in [-0.1, -0.05) is 11.3 Å². The van der Waals surface area contributed by atoms with Crippen LogP contribution in [-0.4, -0.2) is 59.2 Å². The highest BCUT2D eigenvalue weighted by Crippen LogP contribution is 2.15. The summed E-state index contributed by atoms with van der Waals surface area (Å²) >= 11 is 0.969. The first-order valence-corrected chi connectivity index (χ1v) is 7.64. The predicted molar refractivity (Wildman–Crippen MR) is 78.8 cm³/mol. The van der Waals surface area contributed by atoms with Crippen LogP contribution in [0.25, 0.3) is 0 Å². The van der Waals surface area contributed by atoms with Crippen molar-refractivity contribution in [2.24, 2.45) is 7.05 Å². The fraction of sp³-hybridized carbons (Fsp3) is 0.615. The van der Waals surface area contributed by atoms with Gasteiger partial charge in [0.15, 0.2) is 0 Å². The zero-order valence-corrected chi connectivity index (χ0v) is 13.2. The minimum Gasteiger partial charge on any atom is -0.450 e. The maximum Gasteiger partial charge on any atom is 0.409 e. The number of nitrogens with zero attached hydrogens (tertiary/aromatic N) is 3. The minimum absolute atomic E-state index is 0.138. The third-order valence-electron chi connectivity index (χ3n) is 3.58. The molecule has 0 atom stereocenters. The van der Waals surface area contributed by atoms with Crippen LogP contribution in [0, 0.1) is 6.92 Å². The van der Waals surface area contributed by atoms with E-state index < -0.39 is 0 Å². The van der Waals surface area contributed by atoms with Crippen LogP contribution >= 0.6 is 11.3 Å². The number of rotatable bonds is 2. The molecule has 0 saturated carbocycles. The normalized spacial score (nSPS) is 15.2. The third-order valence-corrected chi connectivity index (χ3v) is 4.70. The lowest BCUT2D eigenvalue weighted by Crippen LogP contribution is -2.50. The zero-order chi connectivity index (χ0) is 15.6. The summed E-state index contributed by atoms with van der Waals surface area (Å²) in [6.07, 6.45) is -0.342. The van der Waals surface area contributed by atoms with Gasteiger partial charge in [-0.2, -0.15) is 0 Å². The second kappa shape index (κ2) is 6.30. The highest BCUT2D eigenvalue weighted by atomic mass is 32.1. The SMILES string of the molecule is CCOC(=O)N1CCN(C(=O)c2sc(=O)n(C)c2C)CC1. The number of piperazine rings is 1. The summed E-state index contributed by atoms with van der Waals surface area (Å²) in [5.74, 6) is -0.140. The number of carbonyl (C=O) groups is 2. The molecule has 1 saturated heterocycles. The van der Waals surface area contributed by atoms with E-state index >= 15 is 0 Å². The van der Waals surface area contributed by atoms with E-state index in [2.05, 4.69) is 0 Å². The van der Waals surface area contributed by atoms with E-state index in [0.29, 0.717) is 43.4 Å². The number of thiazole rings is 1. The van der Waals surface area contributed by atoms with Crippen LogP contribution in [0.1, 0.15) is 22.3 Å². The largest absolute Gasteiger partial charge is 0.450 e. The second-order valence-corrected chi connectivity index (χ2v) is 5.78. The lowest BCUT2D eigenvalue weighted by molar-refractivity contribution is 0.0573. The number of hydrogen-bond acceptors (Lipinski definition) is 5. The van der Waals surface area contributed by atoms with Crippen molar-refractivity contribution in [1.82, 2.24) is 14.4 Å². The number of carbonyl (C=O) groups excluding carboxylic acids is 2. The van der Waals surface area contributed by atoms with Crippen molar-refractivity contribution in [2.45, 2.75) is 13.8 Å². The number of ether oxygens (including phenoxy) is 1. The van der Waals surface area contributed by atoms with E-state index in [1.165, 1.54) is 4.57 Å². The molecule has 7 nitrogen and oxygen atoms in total. The van der Waals surface area contributed by atoms with Crippen molar-refractivity contribution in [3.05, 3.63) is 20.2 Å². The third kappa shape index (κ3) is 3.10. The Morgan fingerprint density at radius 3 is 2.24 bits per heavy atom. The minimum atomic E-state index is -0.342. The summed E-state index contributed by atoms with van der Waals surface area (Å²) in [5.41, 5.74) is 0.683. The van der Waals surface area contributed by atoms with Crippen molar-refractivity contribution >= 4 is 23.3 Å². The van der Waals surface area contributed by atoms with Crippen LogP contribution in [0.15, 0.2) is 4.79 Å². The predicted octanol–water partition coefficient (Wildman–Crippen LogP) is 0.670. The first-order chi connectivity index (χ1) is 9.95. The molecule has 0 aliphatic carbocycles. The summed E-state index contributed by atoms with van der Waals surface area (Å²) in [4.78, 5) is 39.3. The average Bonchev–Trinajstić information content (AvgIpc) is 2.74. The average molecular weight is 313 g/mol. The molecule has 1 aromatic rings. The van der Waals surface area contributed by atoms with Gasteiger partial charge in [0.25, 0.3) is 5.91 Å². The Morgan fingerprint density at radius 1 is 1.19 bits per heavy atom. The summed E-state index contributed by atoms with van der Waals surface area (Å²) in [5, 5.41) is 0. The van der Waals surface area contributed by atoms with Gasteiger partial charge < -0.3 is 19.1 Å². The van der Waals surface area contributed by atoms with Gasteiger partial charge in [0.05, 0.1) is 6.61 Å². The maximum atomic E-state index is 12.4. The Labute approximate surface area is 126 Å². The topological polar surface area (TPSA) is 71.8 Å². The van der Waals surface area contributed by atoms with Crippen LogP contribution in [0.3, 0.4) is 0 Å². The second-order valence-electron chi connectivity index (χ2n) is 4.82. The van der Waals surface area contributed by atoms with Gasteiger partial charge in [0.1, 0.15) is 4.88 Å². The molecule has 0 spiro atoms. The molecule has 2 heterocycles. The van der Waals surface area contributed by atoms with Crippen LogP contribution in [0.5, 0.6) is 0 Å². The fourth-order valence-electron chi connectivity index (χ4n) is 2.17. The Bertz CT molecular complexity index is 599. The molecule has 116 valence electrons. The number of hydrogen-bond donors (Lipinski definition) is 0. The van der Waals surface area contributed by atoms with Crippen molar-refractivity contribution in [3.63, 3.8) is 0 Å². The van der Waals surface area contributed by atoms with E-state index in [4.69, 9.17) is 4.74 Å². The smallest absolute Gasteiger partial charge is 0.409 e. The van der Waals surface area contributed by atoms with Crippen molar-refractivity contribution < 1.29 is 14.3 Å². The van der Waals surface area contributed by atoms with Gasteiger partial charge in [-0.05, 0) is 13.8 Å². The molecule has 1 aliphatic rings. The molecule has 0 unspecified atom stereocenters. The standard InChI is InChI=1S/C13H19N3O4S/c1-4-20-12(18)16-7-5-15(6-8-16)11(17)10-9(2)14(3)13(19)21-10/h4-8H2,1-3H3. The Balaban J connectivity index is 2.02. The molecule has 1 fully saturated rings. The van der Waals surface area contributed by atoms with Crippen LogP contribution in [0.2, 0.25) is 0 Å². The maximum absolute atomic E-state index is 12.4. The van der Waals surface area contributed by atoms with Gasteiger partial charge in [0.2, 0.25) is 0 Å². The molecule has 2 rings (SSSR count). The van der Waals surface area contributed by atoms with Gasteiger partial charge >= 0.3 is 11.0 Å². The van der Waals surface area contributed by atoms with Gasteiger partial charge in [-0.15, -0.1) is 0 Å². The highest BCUT2D eigenvalue weighted by molar-refractivity contribution is 7.11. The highest BCUT2D eigenvalue weighted by Gasteiger charge is 2.27. The summed E-state index contributed by atoms with van der Waals surface area (Å²) in [6, 6.07) is 0. The zero-order valence-electron chi connectivity index (χ0n) is 12.4. The van der Waals surface area contributed by atoms with E-state index in [0.717, 1.165) is 11.3 Å². The Kier molecular flexibility index (Phi) is 4.66. The lowest BCUT2D eigenvalue weighted by Gasteiger charge is -2.33. The van der Waals surface area contributed by atoms with E-state index in [9.17, 15) is 14.4 Å². The van der Waals surface area contributed by atoms with E-state index in [1.807, 2.05) is 0 Å². The molecule has 0 bridgehead atoms. The molecule has 8 heteroatoms. The molecule has 2 amide bonds. The van der Waals surface area contributed by atoms with Crippen molar-refractivity contribution in [2.75, 3.05) is 32.8 Å². The lowest BCUT2D eigenvalue weighted by atomic mass is 10.3. The van der Waals surface area contributed by atoms with Crippen LogP contribution < -0.4 is 4.87 Å². The first-order valence-electron chi connectivity index (χ1n) is 6.83. The van der Waals surface area contributed by atoms with Crippen LogP contribution in [-0.2, 0) is 11.8 Å². The molecular formula is C13H19N3O4S. The number of amides is 2. The summed E-state index contributed by atoms with van der Waals surface area (Å²) in [6.45, 7) is 5.67. The monoisotopic (exact) mass is 313 g/mol. The van der Waals surface area contributed by atoms with Gasteiger partial charge in [-0.3, -0.25) is 9.59 Å². The first kappa shape index (κ1) is 15.6. The van der Waals surface area contributed by atoms with Crippen molar-refractivity contribution in [3.8, 4) is 0 Å². The molecule has 1 aliphatic heterocycles. The van der Waals surface area contributed by atoms with E-state index in [-0.39, 0.29) is 16.9 Å². The van der Waals surface area contributed by atoms with E-state index in [1.54, 1.807) is 30.7 Å². The molecule has 0 N–H and O–H groups in total. The Hall–Kier alpha value is -1.83. The molecule has 1 aromatic heterocycles. The molecule has 0 aromatic carbocycles.